The molecule has 1 atom stereocenters. The zero-order valence-electron chi connectivity index (χ0n) is 17.2. The lowest BCUT2D eigenvalue weighted by atomic mass is 9.84. The molecule has 1 aliphatic heterocycles. The predicted octanol–water partition coefficient (Wildman–Crippen LogP) is 3.54. The van der Waals surface area contributed by atoms with Crippen molar-refractivity contribution in [3.8, 4) is 0 Å². The van der Waals surface area contributed by atoms with Gasteiger partial charge in [-0.1, -0.05) is 91.0 Å². The second-order valence-corrected chi connectivity index (χ2v) is 10.6. The van der Waals surface area contributed by atoms with Crippen molar-refractivity contribution < 1.29 is 8.42 Å². The molecular weight excluding hydrogens is 426 g/mol. The molecule has 0 radical (unpaired) electrons. The van der Waals surface area contributed by atoms with E-state index in [1.807, 2.05) is 30.0 Å². The summed E-state index contributed by atoms with van der Waals surface area (Å²) in [6.07, 6.45) is 0.977. The Hall–Kier alpha value is -2.16. The standard InChI is InChI=1S/C24H27N3O2S2/c25-31(28,29)26-19-27-17-16-23(18-27)30-24(20-10-4-1-5-11-20,21-12-6-2-7-13-21)22-14-8-3-9-15-22/h1-15,23,26H,16-19H2,(H2,25,28,29). The van der Waals surface area contributed by atoms with Gasteiger partial charge < -0.3 is 0 Å². The zero-order valence-corrected chi connectivity index (χ0v) is 18.9. The molecule has 3 aromatic carbocycles. The number of hydrogen-bond acceptors (Lipinski definition) is 4. The maximum atomic E-state index is 11.3. The van der Waals surface area contributed by atoms with Crippen LogP contribution in [0.3, 0.4) is 0 Å². The number of nitrogens with zero attached hydrogens (tertiary/aromatic N) is 1. The van der Waals surface area contributed by atoms with Gasteiger partial charge in [0.25, 0.3) is 10.2 Å². The number of thioether (sulfide) groups is 1. The van der Waals surface area contributed by atoms with Gasteiger partial charge in [0, 0.05) is 18.3 Å². The van der Waals surface area contributed by atoms with Gasteiger partial charge in [0.05, 0.1) is 11.4 Å². The molecule has 31 heavy (non-hydrogen) atoms. The average molecular weight is 454 g/mol. The van der Waals surface area contributed by atoms with Gasteiger partial charge in [-0.05, 0) is 23.1 Å². The first-order chi connectivity index (χ1) is 15.0. The summed E-state index contributed by atoms with van der Waals surface area (Å²) in [5.74, 6) is 0. The summed E-state index contributed by atoms with van der Waals surface area (Å²) in [6, 6.07) is 31.9. The first-order valence-electron chi connectivity index (χ1n) is 10.3. The fourth-order valence-electron chi connectivity index (χ4n) is 4.19. The molecule has 1 heterocycles. The normalized spacial score (nSPS) is 17.6. The lowest BCUT2D eigenvalue weighted by molar-refractivity contribution is 0.334. The average Bonchev–Trinajstić information content (AvgIpc) is 3.25. The van der Waals surface area contributed by atoms with Crippen molar-refractivity contribution in [2.75, 3.05) is 19.8 Å². The van der Waals surface area contributed by atoms with Gasteiger partial charge in [-0.25, -0.2) is 5.14 Å². The summed E-state index contributed by atoms with van der Waals surface area (Å²) in [6.45, 7) is 1.86. The number of likely N-dealkylation sites (tertiary alicyclic amines) is 1. The Morgan fingerprint density at radius 2 is 1.32 bits per heavy atom. The molecule has 4 rings (SSSR count). The highest BCUT2D eigenvalue weighted by atomic mass is 32.2. The first-order valence-corrected chi connectivity index (χ1v) is 12.7. The van der Waals surface area contributed by atoms with E-state index >= 15 is 0 Å². The van der Waals surface area contributed by atoms with Crippen LogP contribution in [0, 0.1) is 0 Å². The largest absolute Gasteiger partial charge is 0.289 e. The number of nitrogens with two attached hydrogens (primary N) is 1. The van der Waals surface area contributed by atoms with Crippen LogP contribution in [0.4, 0.5) is 0 Å². The fourth-order valence-corrected chi connectivity index (χ4v) is 6.38. The minimum absolute atomic E-state index is 0.241. The minimum atomic E-state index is -3.69. The fraction of sp³-hybridized carbons (Fsp3) is 0.250. The van der Waals surface area contributed by atoms with Gasteiger partial charge in [0.1, 0.15) is 0 Å². The van der Waals surface area contributed by atoms with Crippen LogP contribution in [0.15, 0.2) is 91.0 Å². The van der Waals surface area contributed by atoms with Gasteiger partial charge >= 0.3 is 0 Å². The molecular formula is C24H27N3O2S2. The Bertz CT molecular complexity index is 981. The molecule has 1 aliphatic rings. The maximum absolute atomic E-state index is 11.3. The van der Waals surface area contributed by atoms with E-state index in [1.165, 1.54) is 16.7 Å². The predicted molar refractivity (Wildman–Crippen MR) is 128 cm³/mol. The van der Waals surface area contributed by atoms with E-state index in [1.54, 1.807) is 0 Å². The van der Waals surface area contributed by atoms with Crippen molar-refractivity contribution in [3.05, 3.63) is 108 Å². The van der Waals surface area contributed by atoms with Crippen LogP contribution in [0.5, 0.6) is 0 Å². The van der Waals surface area contributed by atoms with Crippen LogP contribution in [0.1, 0.15) is 23.1 Å². The van der Waals surface area contributed by atoms with Gasteiger partial charge in [0.15, 0.2) is 0 Å². The van der Waals surface area contributed by atoms with E-state index in [9.17, 15) is 8.42 Å². The topological polar surface area (TPSA) is 75.4 Å². The Balaban J connectivity index is 1.71. The Kier molecular flexibility index (Phi) is 6.79. The van der Waals surface area contributed by atoms with E-state index in [-0.39, 0.29) is 11.4 Å². The summed E-state index contributed by atoms with van der Waals surface area (Å²) in [5.41, 5.74) is 3.70. The van der Waals surface area contributed by atoms with Crippen molar-refractivity contribution in [1.82, 2.24) is 9.62 Å². The van der Waals surface area contributed by atoms with Crippen LogP contribution < -0.4 is 9.86 Å². The van der Waals surface area contributed by atoms with Crippen LogP contribution in [-0.2, 0) is 15.0 Å². The van der Waals surface area contributed by atoms with Crippen LogP contribution >= 0.6 is 11.8 Å². The summed E-state index contributed by atoms with van der Waals surface area (Å²) < 4.78 is 24.6. The third kappa shape index (κ3) is 5.19. The highest BCUT2D eigenvalue weighted by Crippen LogP contribution is 2.51. The van der Waals surface area contributed by atoms with Gasteiger partial charge in [-0.3, -0.25) is 4.90 Å². The molecule has 1 unspecified atom stereocenters. The Morgan fingerprint density at radius 3 is 1.74 bits per heavy atom. The molecule has 0 aromatic heterocycles. The van der Waals surface area contributed by atoms with E-state index in [4.69, 9.17) is 5.14 Å². The SMILES string of the molecule is NS(=O)(=O)NCN1CCC(SC(c2ccccc2)(c2ccccc2)c2ccccc2)C1. The summed E-state index contributed by atoms with van der Waals surface area (Å²) in [5, 5.41) is 5.44. The summed E-state index contributed by atoms with van der Waals surface area (Å²) in [7, 11) is -3.69. The van der Waals surface area contributed by atoms with Gasteiger partial charge in [-0.15, -0.1) is 11.8 Å². The second kappa shape index (κ2) is 9.54. The lowest BCUT2D eigenvalue weighted by Gasteiger charge is -2.37. The van der Waals surface area contributed by atoms with Crippen molar-refractivity contribution in [2.45, 2.75) is 16.4 Å². The molecule has 0 bridgehead atoms. The first kappa shape index (κ1) is 22.0. The highest BCUT2D eigenvalue weighted by Gasteiger charge is 2.40. The van der Waals surface area contributed by atoms with Crippen molar-refractivity contribution >= 4 is 22.0 Å². The molecule has 1 fully saturated rings. The second-order valence-electron chi connectivity index (χ2n) is 7.73. The van der Waals surface area contributed by atoms with E-state index in [0.29, 0.717) is 5.25 Å². The van der Waals surface area contributed by atoms with Crippen molar-refractivity contribution in [3.63, 3.8) is 0 Å². The molecule has 0 amide bonds. The molecule has 0 spiro atoms. The lowest BCUT2D eigenvalue weighted by Crippen LogP contribution is -2.40. The zero-order chi connectivity index (χ0) is 21.7. The number of rotatable bonds is 8. The smallest absolute Gasteiger partial charge is 0.275 e. The molecule has 5 nitrogen and oxygen atoms in total. The van der Waals surface area contributed by atoms with Gasteiger partial charge in [-0.2, -0.15) is 13.1 Å². The molecule has 0 aliphatic carbocycles. The number of hydrogen-bond donors (Lipinski definition) is 2. The third-order valence-corrected chi connectivity index (χ3v) is 7.91. The van der Waals surface area contributed by atoms with E-state index in [2.05, 4.69) is 82.4 Å². The summed E-state index contributed by atoms with van der Waals surface area (Å²) in [4.78, 5) is 2.10. The molecule has 7 heteroatoms. The molecule has 0 saturated carbocycles. The molecule has 1 saturated heterocycles. The van der Waals surface area contributed by atoms with Crippen LogP contribution in [0.2, 0.25) is 0 Å². The Labute approximate surface area is 188 Å². The quantitative estimate of drug-likeness (QED) is 0.512. The molecule has 3 aromatic rings. The van der Waals surface area contributed by atoms with Crippen LogP contribution in [-0.4, -0.2) is 38.3 Å². The minimum Gasteiger partial charge on any atom is -0.289 e. The molecule has 3 N–H and O–H groups in total. The third-order valence-electron chi connectivity index (χ3n) is 5.60. The number of benzene rings is 3. The summed E-state index contributed by atoms with van der Waals surface area (Å²) >= 11 is 1.95. The molecule has 162 valence electrons. The van der Waals surface area contributed by atoms with Gasteiger partial charge in [0.2, 0.25) is 0 Å². The van der Waals surface area contributed by atoms with Crippen molar-refractivity contribution in [2.24, 2.45) is 5.14 Å². The van der Waals surface area contributed by atoms with E-state index < -0.39 is 10.2 Å². The Morgan fingerprint density at radius 1 is 0.871 bits per heavy atom. The van der Waals surface area contributed by atoms with Crippen LogP contribution in [0.25, 0.3) is 0 Å². The number of nitrogens with one attached hydrogen (secondary N) is 1. The maximum Gasteiger partial charge on any atom is 0.275 e. The monoisotopic (exact) mass is 453 g/mol. The van der Waals surface area contributed by atoms with E-state index in [0.717, 1.165) is 19.5 Å². The van der Waals surface area contributed by atoms with Crippen molar-refractivity contribution in [1.29, 1.82) is 0 Å². The highest BCUT2D eigenvalue weighted by molar-refractivity contribution is 8.01.